The van der Waals surface area contributed by atoms with Crippen LogP contribution in [0.15, 0.2) is 35.6 Å². The number of hydrogen-bond acceptors (Lipinski definition) is 6. The van der Waals surface area contributed by atoms with Crippen molar-refractivity contribution >= 4 is 17.5 Å². The Hall–Kier alpha value is -2.68. The summed E-state index contributed by atoms with van der Waals surface area (Å²) >= 11 is 5.77. The summed E-state index contributed by atoms with van der Waals surface area (Å²) < 4.78 is 8.44. The number of aryl methyl sites for hydroxylation is 1. The van der Waals surface area contributed by atoms with Gasteiger partial charge >= 0.3 is 11.8 Å². The standard InChI is InChI=1S/C13H14ClN7O2/c14-10-6-17-21(7-10)8-11-18-13(23-19-11)12(22)16-2-1-4-20-5-3-15-9-20/h3,5-7,9H,1-2,4,8H2,(H,16,22). The van der Waals surface area contributed by atoms with Crippen molar-refractivity contribution in [1.82, 2.24) is 34.8 Å². The van der Waals surface area contributed by atoms with Crippen molar-refractivity contribution in [2.75, 3.05) is 6.54 Å². The highest BCUT2D eigenvalue weighted by atomic mass is 35.5. The maximum atomic E-state index is 11.9. The van der Waals surface area contributed by atoms with Crippen molar-refractivity contribution in [2.45, 2.75) is 19.5 Å². The van der Waals surface area contributed by atoms with Crippen LogP contribution < -0.4 is 5.32 Å². The van der Waals surface area contributed by atoms with Gasteiger partial charge in [0.2, 0.25) is 0 Å². The first-order chi connectivity index (χ1) is 11.2. The summed E-state index contributed by atoms with van der Waals surface area (Å²) in [7, 11) is 0. The van der Waals surface area contributed by atoms with Gasteiger partial charge in [-0.05, 0) is 6.42 Å². The normalized spacial score (nSPS) is 10.8. The Morgan fingerprint density at radius 3 is 3.09 bits per heavy atom. The fourth-order valence-corrected chi connectivity index (χ4v) is 2.09. The lowest BCUT2D eigenvalue weighted by molar-refractivity contribution is 0.0909. The van der Waals surface area contributed by atoms with E-state index >= 15 is 0 Å². The average molecular weight is 336 g/mol. The van der Waals surface area contributed by atoms with Gasteiger partial charge in [-0.1, -0.05) is 16.8 Å². The molecule has 0 spiro atoms. The number of halogens is 1. The smallest absolute Gasteiger partial charge is 0.316 e. The summed E-state index contributed by atoms with van der Waals surface area (Å²) in [6.07, 6.45) is 9.23. The summed E-state index contributed by atoms with van der Waals surface area (Å²) in [5, 5.41) is 11.0. The molecular formula is C13H14ClN7O2. The van der Waals surface area contributed by atoms with Crippen molar-refractivity contribution in [1.29, 1.82) is 0 Å². The number of nitrogens with zero attached hydrogens (tertiary/aromatic N) is 6. The molecule has 0 saturated carbocycles. The molecule has 0 radical (unpaired) electrons. The molecular weight excluding hydrogens is 322 g/mol. The molecule has 1 amide bonds. The Kier molecular flexibility index (Phi) is 4.67. The Labute approximate surface area is 136 Å². The van der Waals surface area contributed by atoms with Crippen LogP contribution in [0.5, 0.6) is 0 Å². The summed E-state index contributed by atoms with van der Waals surface area (Å²) in [6, 6.07) is 0. The zero-order valence-corrected chi connectivity index (χ0v) is 12.8. The molecule has 1 N–H and O–H groups in total. The molecule has 23 heavy (non-hydrogen) atoms. The number of carbonyl (C=O) groups is 1. The lowest BCUT2D eigenvalue weighted by Gasteiger charge is -2.02. The minimum Gasteiger partial charge on any atom is -0.348 e. The summed E-state index contributed by atoms with van der Waals surface area (Å²) in [6.45, 7) is 1.56. The zero-order valence-electron chi connectivity index (χ0n) is 12.1. The van der Waals surface area contributed by atoms with Crippen LogP contribution >= 0.6 is 11.6 Å². The molecule has 0 aromatic carbocycles. The van der Waals surface area contributed by atoms with E-state index in [1.54, 1.807) is 23.4 Å². The molecule has 3 aromatic rings. The average Bonchev–Trinajstić information content (AvgIpc) is 3.26. The molecule has 0 atom stereocenters. The molecule has 0 unspecified atom stereocenters. The number of imidazole rings is 1. The highest BCUT2D eigenvalue weighted by molar-refractivity contribution is 6.30. The number of carbonyl (C=O) groups excluding carboxylic acids is 1. The molecule has 0 saturated heterocycles. The van der Waals surface area contributed by atoms with Gasteiger partial charge in [0.05, 0.1) is 17.5 Å². The molecule has 10 heteroatoms. The third-order valence-electron chi connectivity index (χ3n) is 3.01. The number of rotatable bonds is 7. The van der Waals surface area contributed by atoms with Gasteiger partial charge in [-0.2, -0.15) is 10.1 Å². The van der Waals surface area contributed by atoms with E-state index in [4.69, 9.17) is 16.1 Å². The molecule has 3 rings (SSSR count). The van der Waals surface area contributed by atoms with Crippen LogP contribution in [0.2, 0.25) is 5.02 Å². The van der Waals surface area contributed by atoms with Crippen molar-refractivity contribution < 1.29 is 9.32 Å². The fraction of sp³-hybridized carbons (Fsp3) is 0.308. The van der Waals surface area contributed by atoms with Gasteiger partial charge in [-0.3, -0.25) is 9.48 Å². The maximum absolute atomic E-state index is 11.9. The van der Waals surface area contributed by atoms with E-state index < -0.39 is 5.91 Å². The largest absolute Gasteiger partial charge is 0.348 e. The first kappa shape index (κ1) is 15.2. The van der Waals surface area contributed by atoms with Gasteiger partial charge in [0, 0.05) is 31.7 Å². The van der Waals surface area contributed by atoms with Gasteiger partial charge in [0.15, 0.2) is 5.82 Å². The Morgan fingerprint density at radius 1 is 1.43 bits per heavy atom. The van der Waals surface area contributed by atoms with E-state index in [-0.39, 0.29) is 12.4 Å². The topological polar surface area (TPSA) is 104 Å². The predicted molar refractivity (Wildman–Crippen MR) is 79.8 cm³/mol. The second-order valence-corrected chi connectivity index (χ2v) is 5.22. The van der Waals surface area contributed by atoms with Crippen molar-refractivity contribution in [3.05, 3.63) is 47.9 Å². The second kappa shape index (κ2) is 7.05. The summed E-state index contributed by atoms with van der Waals surface area (Å²) in [4.78, 5) is 19.9. The van der Waals surface area contributed by atoms with E-state index in [9.17, 15) is 4.79 Å². The van der Waals surface area contributed by atoms with Crippen molar-refractivity contribution in [3.63, 3.8) is 0 Å². The van der Waals surface area contributed by atoms with E-state index in [1.807, 2.05) is 10.8 Å². The number of nitrogens with one attached hydrogen (secondary N) is 1. The molecule has 120 valence electrons. The van der Waals surface area contributed by atoms with E-state index in [1.165, 1.54) is 6.20 Å². The minimum absolute atomic E-state index is 0.0686. The SMILES string of the molecule is O=C(NCCCn1ccnc1)c1nc(Cn2cc(Cl)cn2)no1. The van der Waals surface area contributed by atoms with Gasteiger partial charge in [-0.15, -0.1) is 0 Å². The molecule has 0 aliphatic heterocycles. The second-order valence-electron chi connectivity index (χ2n) is 4.78. The molecule has 0 aliphatic rings. The predicted octanol–water partition coefficient (Wildman–Crippen LogP) is 0.984. The molecule has 3 heterocycles. The van der Waals surface area contributed by atoms with E-state index in [2.05, 4.69) is 25.5 Å². The van der Waals surface area contributed by atoms with Gasteiger partial charge in [0.25, 0.3) is 0 Å². The van der Waals surface area contributed by atoms with Crippen LogP contribution in [0.25, 0.3) is 0 Å². The van der Waals surface area contributed by atoms with Crippen molar-refractivity contribution in [2.24, 2.45) is 0 Å². The fourth-order valence-electron chi connectivity index (χ4n) is 1.94. The third-order valence-corrected chi connectivity index (χ3v) is 3.20. The van der Waals surface area contributed by atoms with Crippen LogP contribution in [0, 0.1) is 0 Å². The van der Waals surface area contributed by atoms with Gasteiger partial charge < -0.3 is 14.4 Å². The first-order valence-corrected chi connectivity index (χ1v) is 7.33. The third kappa shape index (κ3) is 4.16. The molecule has 0 aliphatic carbocycles. The Bertz CT molecular complexity index is 765. The molecule has 3 aromatic heterocycles. The lowest BCUT2D eigenvalue weighted by atomic mass is 10.4. The molecule has 0 bridgehead atoms. The van der Waals surface area contributed by atoms with Crippen LogP contribution in [0.3, 0.4) is 0 Å². The van der Waals surface area contributed by atoms with Crippen molar-refractivity contribution in [3.8, 4) is 0 Å². The Morgan fingerprint density at radius 2 is 2.35 bits per heavy atom. The van der Waals surface area contributed by atoms with Crippen LogP contribution in [-0.2, 0) is 13.1 Å². The highest BCUT2D eigenvalue weighted by Crippen LogP contribution is 2.06. The monoisotopic (exact) mass is 335 g/mol. The van der Waals surface area contributed by atoms with E-state index in [0.29, 0.717) is 17.4 Å². The molecule has 9 nitrogen and oxygen atoms in total. The number of amides is 1. The maximum Gasteiger partial charge on any atom is 0.316 e. The quantitative estimate of drug-likeness (QED) is 0.646. The van der Waals surface area contributed by atoms with E-state index in [0.717, 1.165) is 13.0 Å². The van der Waals surface area contributed by atoms with Crippen LogP contribution in [-0.4, -0.2) is 41.9 Å². The van der Waals surface area contributed by atoms with Crippen LogP contribution in [0.4, 0.5) is 0 Å². The minimum atomic E-state index is -0.395. The number of aromatic nitrogens is 6. The number of hydrogen-bond donors (Lipinski definition) is 1. The summed E-state index contributed by atoms with van der Waals surface area (Å²) in [5.41, 5.74) is 0. The summed E-state index contributed by atoms with van der Waals surface area (Å²) in [5.74, 6) is -0.109. The zero-order chi connectivity index (χ0) is 16.1. The Balaban J connectivity index is 1.46. The van der Waals surface area contributed by atoms with Crippen LogP contribution in [0.1, 0.15) is 22.9 Å². The van der Waals surface area contributed by atoms with Gasteiger partial charge in [-0.25, -0.2) is 4.98 Å². The lowest BCUT2D eigenvalue weighted by Crippen LogP contribution is -2.25. The van der Waals surface area contributed by atoms with Gasteiger partial charge in [0.1, 0.15) is 6.54 Å². The highest BCUT2D eigenvalue weighted by Gasteiger charge is 2.15. The first-order valence-electron chi connectivity index (χ1n) is 6.95. The molecule has 0 fully saturated rings.